The quantitative estimate of drug-likeness (QED) is 0.795. The summed E-state index contributed by atoms with van der Waals surface area (Å²) < 4.78 is 0. The van der Waals surface area contributed by atoms with E-state index in [-0.39, 0.29) is 17.6 Å². The Hall–Kier alpha value is -0.900. The molecule has 1 rings (SSSR count). The fourth-order valence-corrected chi connectivity index (χ4v) is 1.77. The summed E-state index contributed by atoms with van der Waals surface area (Å²) >= 11 is 5.84. The lowest BCUT2D eigenvalue weighted by atomic mass is 9.89. The highest BCUT2D eigenvalue weighted by Gasteiger charge is 2.22. The van der Waals surface area contributed by atoms with Crippen LogP contribution in [0.3, 0.4) is 0 Å². The summed E-state index contributed by atoms with van der Waals surface area (Å²) in [6.45, 7) is 4.27. The van der Waals surface area contributed by atoms with Crippen molar-refractivity contribution >= 4 is 17.4 Å². The second-order valence-electron chi connectivity index (χ2n) is 4.21. The van der Waals surface area contributed by atoms with Crippen molar-refractivity contribution in [2.45, 2.75) is 19.8 Å². The normalized spacial score (nSPS) is 12.8. The third-order valence-electron chi connectivity index (χ3n) is 2.62. The van der Waals surface area contributed by atoms with Gasteiger partial charge in [0.15, 0.2) is 0 Å². The Morgan fingerprint density at radius 2 is 1.94 bits per heavy atom. The molecule has 3 nitrogen and oxygen atoms in total. The minimum absolute atomic E-state index is 0.00525. The number of hydroxylamine groups is 1. The van der Waals surface area contributed by atoms with Crippen LogP contribution in [-0.2, 0) is 9.63 Å². The molecule has 0 saturated carbocycles. The molecule has 1 N–H and O–H groups in total. The maximum Gasteiger partial charge on any atom is 0.144 e. The zero-order chi connectivity index (χ0) is 12.8. The molecule has 17 heavy (non-hydrogen) atoms. The van der Waals surface area contributed by atoms with E-state index in [9.17, 15) is 4.79 Å². The van der Waals surface area contributed by atoms with Gasteiger partial charge in [-0.2, -0.15) is 0 Å². The van der Waals surface area contributed by atoms with E-state index in [2.05, 4.69) is 5.48 Å². The number of carbonyl (C=O) groups excluding carboxylic acids is 1. The molecule has 0 saturated heterocycles. The Bertz CT molecular complexity index is 362. The maximum atomic E-state index is 12.1. The molecule has 0 bridgehead atoms. The van der Waals surface area contributed by atoms with E-state index in [1.54, 1.807) is 19.2 Å². The second-order valence-corrected chi connectivity index (χ2v) is 4.65. The van der Waals surface area contributed by atoms with E-state index in [4.69, 9.17) is 16.4 Å². The molecule has 0 amide bonds. The lowest BCUT2D eigenvalue weighted by Gasteiger charge is -2.18. The minimum Gasteiger partial charge on any atom is -0.305 e. The van der Waals surface area contributed by atoms with Gasteiger partial charge in [0.05, 0.1) is 13.0 Å². The molecular formula is C13H18ClNO2. The van der Waals surface area contributed by atoms with E-state index < -0.39 is 0 Å². The van der Waals surface area contributed by atoms with Gasteiger partial charge in [-0.1, -0.05) is 37.6 Å². The number of carbonyl (C=O) groups is 1. The largest absolute Gasteiger partial charge is 0.305 e. The predicted octanol–water partition coefficient (Wildman–Crippen LogP) is 2.80. The maximum absolute atomic E-state index is 12.1. The van der Waals surface area contributed by atoms with Crippen LogP contribution in [-0.4, -0.2) is 19.4 Å². The lowest BCUT2D eigenvalue weighted by Crippen LogP contribution is -2.28. The van der Waals surface area contributed by atoms with Crippen LogP contribution in [0.2, 0.25) is 5.02 Å². The third kappa shape index (κ3) is 4.11. The Morgan fingerprint density at radius 3 is 2.41 bits per heavy atom. The topological polar surface area (TPSA) is 38.3 Å². The van der Waals surface area contributed by atoms with Crippen molar-refractivity contribution in [3.8, 4) is 0 Å². The molecule has 0 unspecified atom stereocenters. The van der Waals surface area contributed by atoms with E-state index >= 15 is 0 Å². The average Bonchev–Trinajstić information content (AvgIpc) is 2.31. The highest BCUT2D eigenvalue weighted by molar-refractivity contribution is 6.30. The fraction of sp³-hybridized carbons (Fsp3) is 0.462. The summed E-state index contributed by atoms with van der Waals surface area (Å²) in [5, 5.41) is 0.671. The van der Waals surface area contributed by atoms with Crippen LogP contribution in [0.5, 0.6) is 0 Å². The monoisotopic (exact) mass is 255 g/mol. The number of ketones is 1. The number of hydrogen-bond acceptors (Lipinski definition) is 3. The highest BCUT2D eigenvalue weighted by Crippen LogP contribution is 2.21. The zero-order valence-corrected chi connectivity index (χ0v) is 11.1. The molecule has 1 aromatic carbocycles. The smallest absolute Gasteiger partial charge is 0.144 e. The van der Waals surface area contributed by atoms with Crippen LogP contribution in [0.15, 0.2) is 24.3 Å². The van der Waals surface area contributed by atoms with Crippen molar-refractivity contribution in [1.29, 1.82) is 0 Å². The van der Waals surface area contributed by atoms with E-state index in [1.165, 1.54) is 0 Å². The molecule has 0 aliphatic carbocycles. The van der Waals surface area contributed by atoms with Gasteiger partial charge in [-0.25, -0.2) is 5.48 Å². The number of hydrogen-bond donors (Lipinski definition) is 1. The van der Waals surface area contributed by atoms with E-state index in [0.717, 1.165) is 5.56 Å². The zero-order valence-electron chi connectivity index (χ0n) is 10.4. The van der Waals surface area contributed by atoms with Crippen molar-refractivity contribution in [3.05, 3.63) is 34.9 Å². The Morgan fingerprint density at radius 1 is 1.35 bits per heavy atom. The van der Waals surface area contributed by atoms with Gasteiger partial charge in [0.1, 0.15) is 5.78 Å². The molecule has 0 aromatic heterocycles. The Kier molecular flexibility index (Phi) is 5.62. The van der Waals surface area contributed by atoms with Gasteiger partial charge < -0.3 is 4.84 Å². The average molecular weight is 256 g/mol. The van der Waals surface area contributed by atoms with Crippen LogP contribution >= 0.6 is 11.6 Å². The van der Waals surface area contributed by atoms with Crippen LogP contribution in [0.4, 0.5) is 0 Å². The van der Waals surface area contributed by atoms with E-state index in [1.807, 2.05) is 26.0 Å². The van der Waals surface area contributed by atoms with Crippen molar-refractivity contribution in [1.82, 2.24) is 5.48 Å². The number of halogens is 1. The number of Topliss-reactive ketones (excluding diaryl/α,β-unsaturated/α-hetero) is 1. The number of benzene rings is 1. The first-order valence-electron chi connectivity index (χ1n) is 5.61. The van der Waals surface area contributed by atoms with Gasteiger partial charge in [-0.05, 0) is 17.7 Å². The standard InChI is InChI=1S/C13H18ClNO2/c1-9(2)13(16)12(8-15-17-3)10-4-6-11(14)7-5-10/h4-7,9,12,15H,8H2,1-3H3/t12-/m1/s1. The first-order chi connectivity index (χ1) is 8.06. The van der Waals surface area contributed by atoms with Gasteiger partial charge in [0.2, 0.25) is 0 Å². The van der Waals surface area contributed by atoms with Crippen LogP contribution in [0.25, 0.3) is 0 Å². The van der Waals surface area contributed by atoms with Crippen molar-refractivity contribution in [2.75, 3.05) is 13.7 Å². The summed E-state index contributed by atoms with van der Waals surface area (Å²) in [6, 6.07) is 7.35. The third-order valence-corrected chi connectivity index (χ3v) is 2.87. The first-order valence-corrected chi connectivity index (χ1v) is 5.99. The van der Waals surface area contributed by atoms with Gasteiger partial charge >= 0.3 is 0 Å². The van der Waals surface area contributed by atoms with Gasteiger partial charge in [-0.15, -0.1) is 0 Å². The number of nitrogens with one attached hydrogen (secondary N) is 1. The molecule has 1 atom stereocenters. The Labute approximate surface area is 107 Å². The lowest BCUT2D eigenvalue weighted by molar-refractivity contribution is -0.123. The van der Waals surface area contributed by atoms with E-state index in [0.29, 0.717) is 11.6 Å². The summed E-state index contributed by atoms with van der Waals surface area (Å²) in [6.07, 6.45) is 0. The molecule has 0 fully saturated rings. The van der Waals surface area contributed by atoms with Crippen LogP contribution < -0.4 is 5.48 Å². The van der Waals surface area contributed by atoms with Crippen molar-refractivity contribution in [2.24, 2.45) is 5.92 Å². The predicted molar refractivity (Wildman–Crippen MR) is 69.0 cm³/mol. The van der Waals surface area contributed by atoms with Gasteiger partial charge in [0.25, 0.3) is 0 Å². The van der Waals surface area contributed by atoms with Gasteiger partial charge in [0, 0.05) is 17.5 Å². The molecule has 94 valence electrons. The second kappa shape index (κ2) is 6.74. The Balaban J connectivity index is 2.89. The first kappa shape index (κ1) is 14.2. The summed E-state index contributed by atoms with van der Waals surface area (Å²) in [7, 11) is 1.54. The minimum atomic E-state index is -0.202. The van der Waals surface area contributed by atoms with Crippen molar-refractivity contribution < 1.29 is 9.63 Å². The molecule has 1 aromatic rings. The molecular weight excluding hydrogens is 238 g/mol. The van der Waals surface area contributed by atoms with Crippen LogP contribution in [0.1, 0.15) is 25.3 Å². The number of rotatable bonds is 6. The summed E-state index contributed by atoms with van der Waals surface area (Å²) in [4.78, 5) is 16.9. The molecule has 4 heteroatoms. The molecule has 0 aliphatic rings. The highest BCUT2D eigenvalue weighted by atomic mass is 35.5. The molecule has 0 spiro atoms. The molecule has 0 aliphatic heterocycles. The summed E-state index contributed by atoms with van der Waals surface area (Å²) in [5.41, 5.74) is 3.70. The SMILES string of the molecule is CONC[C@@H](C(=O)C(C)C)c1ccc(Cl)cc1. The summed E-state index contributed by atoms with van der Waals surface area (Å²) in [5.74, 6) is -0.0153. The van der Waals surface area contributed by atoms with Crippen molar-refractivity contribution in [3.63, 3.8) is 0 Å². The fourth-order valence-electron chi connectivity index (χ4n) is 1.65. The molecule has 0 radical (unpaired) electrons. The molecule has 0 heterocycles. The van der Waals surface area contributed by atoms with Crippen LogP contribution in [0, 0.1) is 5.92 Å². The van der Waals surface area contributed by atoms with Gasteiger partial charge in [-0.3, -0.25) is 4.79 Å².